The molecule has 2 aromatic carbocycles. The first-order chi connectivity index (χ1) is 15.7. The van der Waals surface area contributed by atoms with E-state index in [1.54, 1.807) is 6.08 Å². The Morgan fingerprint density at radius 1 is 0.812 bits per heavy atom. The van der Waals surface area contributed by atoms with Gasteiger partial charge in [0, 0.05) is 49.5 Å². The van der Waals surface area contributed by atoms with Crippen LogP contribution in [-0.4, -0.2) is 42.9 Å². The van der Waals surface area contributed by atoms with Crippen molar-refractivity contribution in [3.63, 3.8) is 0 Å². The van der Waals surface area contributed by atoms with E-state index >= 15 is 0 Å². The molecule has 1 N–H and O–H groups in total. The molecule has 168 valence electrons. The van der Waals surface area contributed by atoms with Crippen LogP contribution in [0.1, 0.15) is 44.1 Å². The van der Waals surface area contributed by atoms with Crippen LogP contribution in [0.5, 0.6) is 0 Å². The summed E-state index contributed by atoms with van der Waals surface area (Å²) in [6.07, 6.45) is 10.1. The lowest BCUT2D eigenvalue weighted by molar-refractivity contribution is -0.130. The fraction of sp³-hybridized carbons (Fsp3) is 0.407. The summed E-state index contributed by atoms with van der Waals surface area (Å²) >= 11 is 0. The van der Waals surface area contributed by atoms with Crippen LogP contribution in [0, 0.1) is 5.92 Å². The molecule has 2 aliphatic heterocycles. The van der Waals surface area contributed by atoms with Crippen LogP contribution in [0.2, 0.25) is 0 Å². The van der Waals surface area contributed by atoms with E-state index in [1.807, 2.05) is 41.3 Å². The number of nitrogens with one attached hydrogen (secondary N) is 1. The van der Waals surface area contributed by atoms with Crippen LogP contribution in [0.15, 0.2) is 60.7 Å². The van der Waals surface area contributed by atoms with Crippen molar-refractivity contribution in [2.75, 3.05) is 36.4 Å². The first kappa shape index (κ1) is 22.1. The average molecular weight is 432 g/mol. The summed E-state index contributed by atoms with van der Waals surface area (Å²) in [5, 5.41) is 2.97. The molecule has 5 nitrogen and oxygen atoms in total. The van der Waals surface area contributed by atoms with E-state index in [1.165, 1.54) is 31.4 Å². The van der Waals surface area contributed by atoms with Crippen molar-refractivity contribution in [1.82, 2.24) is 4.90 Å². The maximum atomic E-state index is 12.6. The molecule has 0 aromatic heterocycles. The van der Waals surface area contributed by atoms with E-state index in [0.29, 0.717) is 25.9 Å². The monoisotopic (exact) mass is 431 g/mol. The largest absolute Gasteiger partial charge is 0.372 e. The normalized spacial score (nSPS) is 17.9. The van der Waals surface area contributed by atoms with E-state index in [2.05, 4.69) is 34.5 Å². The second-order valence-electron chi connectivity index (χ2n) is 8.78. The number of carbonyl (C=O) groups excluding carboxylic acids is 2. The first-order valence-electron chi connectivity index (χ1n) is 11.9. The quantitative estimate of drug-likeness (QED) is 0.681. The maximum absolute atomic E-state index is 12.6. The molecule has 0 atom stereocenters. The molecule has 2 saturated heterocycles. The summed E-state index contributed by atoms with van der Waals surface area (Å²) in [5.41, 5.74) is 3.13. The molecule has 32 heavy (non-hydrogen) atoms. The average Bonchev–Trinajstić information content (AvgIpc) is 3.13. The molecule has 2 amide bonds. The predicted octanol–water partition coefficient (Wildman–Crippen LogP) is 4.96. The van der Waals surface area contributed by atoms with Gasteiger partial charge in [0.25, 0.3) is 0 Å². The molecule has 4 rings (SSSR count). The Kier molecular flexibility index (Phi) is 7.59. The molecule has 2 aromatic rings. The van der Waals surface area contributed by atoms with Crippen molar-refractivity contribution in [3.8, 4) is 0 Å². The lowest BCUT2D eigenvalue weighted by atomic mass is 9.95. The van der Waals surface area contributed by atoms with Crippen LogP contribution < -0.4 is 10.2 Å². The number of piperidine rings is 1. The van der Waals surface area contributed by atoms with Crippen LogP contribution in [0.4, 0.5) is 11.4 Å². The zero-order chi connectivity index (χ0) is 22.2. The van der Waals surface area contributed by atoms with Gasteiger partial charge in [0.2, 0.25) is 11.8 Å². The lowest BCUT2D eigenvalue weighted by Gasteiger charge is -2.30. The highest BCUT2D eigenvalue weighted by Gasteiger charge is 2.26. The van der Waals surface area contributed by atoms with Gasteiger partial charge < -0.3 is 15.1 Å². The predicted molar refractivity (Wildman–Crippen MR) is 131 cm³/mol. The van der Waals surface area contributed by atoms with Gasteiger partial charge in [0.1, 0.15) is 0 Å². The number of hydrogen-bond donors (Lipinski definition) is 1. The number of hydrogen-bond acceptors (Lipinski definition) is 3. The standard InChI is InChI=1S/C27H33N3O2/c31-26(15-12-22-10-13-25(14-11-22)29-18-6-1-2-7-19-29)30-20-16-23(17-21-30)27(32)28-24-8-4-3-5-9-24/h3-5,8-15,23H,1-2,6-7,16-21H2,(H,28,32)/b15-12+. The number of benzene rings is 2. The molecule has 0 saturated carbocycles. The highest BCUT2D eigenvalue weighted by Crippen LogP contribution is 2.22. The summed E-state index contributed by atoms with van der Waals surface area (Å²) < 4.78 is 0. The van der Waals surface area contributed by atoms with Crippen molar-refractivity contribution in [1.29, 1.82) is 0 Å². The van der Waals surface area contributed by atoms with E-state index < -0.39 is 0 Å². The number of likely N-dealkylation sites (tertiary alicyclic amines) is 1. The second kappa shape index (κ2) is 11.0. The summed E-state index contributed by atoms with van der Waals surface area (Å²) in [7, 11) is 0. The fourth-order valence-corrected chi connectivity index (χ4v) is 4.53. The SMILES string of the molecule is O=C(Nc1ccccc1)C1CCN(C(=O)/C=C/c2ccc(N3CCCCCC3)cc2)CC1. The van der Waals surface area contributed by atoms with Gasteiger partial charge in [-0.1, -0.05) is 43.2 Å². The summed E-state index contributed by atoms with van der Waals surface area (Å²) in [6.45, 7) is 3.49. The Labute approximate surface area is 191 Å². The third-order valence-electron chi connectivity index (χ3n) is 6.50. The van der Waals surface area contributed by atoms with Crippen LogP contribution in [0.25, 0.3) is 6.08 Å². The summed E-state index contributed by atoms with van der Waals surface area (Å²) in [5.74, 6) is 0.0154. The molecule has 2 aliphatic rings. The Balaban J connectivity index is 1.25. The Hall–Kier alpha value is -3.08. The number of amides is 2. The maximum Gasteiger partial charge on any atom is 0.246 e. The van der Waals surface area contributed by atoms with E-state index in [-0.39, 0.29) is 17.7 Å². The minimum absolute atomic E-state index is 0.0171. The number of rotatable bonds is 5. The highest BCUT2D eigenvalue weighted by molar-refractivity contribution is 5.94. The minimum atomic E-state index is -0.0465. The first-order valence-corrected chi connectivity index (χ1v) is 11.9. The lowest BCUT2D eigenvalue weighted by Crippen LogP contribution is -2.40. The zero-order valence-corrected chi connectivity index (χ0v) is 18.7. The fourth-order valence-electron chi connectivity index (χ4n) is 4.53. The van der Waals surface area contributed by atoms with Crippen molar-refractivity contribution in [3.05, 3.63) is 66.2 Å². The van der Waals surface area contributed by atoms with Crippen LogP contribution in [0.3, 0.4) is 0 Å². The van der Waals surface area contributed by atoms with Crippen LogP contribution in [-0.2, 0) is 9.59 Å². The Morgan fingerprint density at radius 2 is 1.47 bits per heavy atom. The molecule has 0 bridgehead atoms. The molecule has 2 fully saturated rings. The second-order valence-corrected chi connectivity index (χ2v) is 8.78. The smallest absolute Gasteiger partial charge is 0.246 e. The van der Waals surface area contributed by atoms with Gasteiger partial charge in [-0.3, -0.25) is 9.59 Å². The highest BCUT2D eigenvalue weighted by atomic mass is 16.2. The molecular formula is C27H33N3O2. The topological polar surface area (TPSA) is 52.7 Å². The Morgan fingerprint density at radius 3 is 2.12 bits per heavy atom. The van der Waals surface area contributed by atoms with Gasteiger partial charge in [0.15, 0.2) is 0 Å². The number of para-hydroxylation sites is 1. The van der Waals surface area contributed by atoms with Gasteiger partial charge in [-0.05, 0) is 61.6 Å². The molecule has 2 heterocycles. The molecule has 0 aliphatic carbocycles. The van der Waals surface area contributed by atoms with Crippen LogP contribution >= 0.6 is 0 Å². The molecule has 0 unspecified atom stereocenters. The molecule has 0 spiro atoms. The van der Waals surface area contributed by atoms with Gasteiger partial charge >= 0.3 is 0 Å². The van der Waals surface area contributed by atoms with Gasteiger partial charge in [0.05, 0.1) is 0 Å². The number of nitrogens with zero attached hydrogens (tertiary/aromatic N) is 2. The molecule has 5 heteroatoms. The summed E-state index contributed by atoms with van der Waals surface area (Å²) in [6, 6.07) is 18.0. The van der Waals surface area contributed by atoms with Gasteiger partial charge in [-0.25, -0.2) is 0 Å². The van der Waals surface area contributed by atoms with Crippen molar-refractivity contribution < 1.29 is 9.59 Å². The molecular weight excluding hydrogens is 398 g/mol. The number of anilines is 2. The zero-order valence-electron chi connectivity index (χ0n) is 18.7. The van der Waals surface area contributed by atoms with Crippen molar-refractivity contribution >= 4 is 29.3 Å². The summed E-state index contributed by atoms with van der Waals surface area (Å²) in [4.78, 5) is 29.4. The third-order valence-corrected chi connectivity index (χ3v) is 6.50. The van der Waals surface area contributed by atoms with E-state index in [4.69, 9.17) is 0 Å². The van der Waals surface area contributed by atoms with Crippen molar-refractivity contribution in [2.45, 2.75) is 38.5 Å². The van der Waals surface area contributed by atoms with Gasteiger partial charge in [-0.15, -0.1) is 0 Å². The minimum Gasteiger partial charge on any atom is -0.372 e. The Bertz CT molecular complexity index is 908. The van der Waals surface area contributed by atoms with E-state index in [0.717, 1.165) is 24.3 Å². The number of carbonyl (C=O) groups is 2. The van der Waals surface area contributed by atoms with E-state index in [9.17, 15) is 9.59 Å². The van der Waals surface area contributed by atoms with Crippen molar-refractivity contribution in [2.24, 2.45) is 5.92 Å². The van der Waals surface area contributed by atoms with Gasteiger partial charge in [-0.2, -0.15) is 0 Å². The third kappa shape index (κ3) is 6.00. The molecule has 0 radical (unpaired) electrons.